The van der Waals surface area contributed by atoms with Gasteiger partial charge < -0.3 is 5.32 Å². The third-order valence-electron chi connectivity index (χ3n) is 6.43. The van der Waals surface area contributed by atoms with E-state index in [9.17, 15) is 0 Å². The molecule has 3 aromatic rings. The van der Waals surface area contributed by atoms with Gasteiger partial charge in [0.2, 0.25) is 5.95 Å². The zero-order chi connectivity index (χ0) is 18.5. The highest BCUT2D eigenvalue weighted by molar-refractivity contribution is 5.86. The normalized spacial score (nSPS) is 24.2. The Morgan fingerprint density at radius 1 is 1.15 bits per heavy atom. The molecule has 2 bridgehead atoms. The van der Waals surface area contributed by atoms with E-state index in [1.165, 1.54) is 36.8 Å². The molecule has 5 nitrogen and oxygen atoms in total. The maximum atomic E-state index is 4.83. The molecule has 5 heteroatoms. The van der Waals surface area contributed by atoms with Crippen molar-refractivity contribution in [2.45, 2.75) is 51.5 Å². The van der Waals surface area contributed by atoms with Crippen LogP contribution in [0.2, 0.25) is 0 Å². The van der Waals surface area contributed by atoms with Crippen LogP contribution in [0.1, 0.15) is 51.1 Å². The second-order valence-electron chi connectivity index (χ2n) is 8.59. The van der Waals surface area contributed by atoms with Gasteiger partial charge in [-0.1, -0.05) is 26.3 Å². The average molecular weight is 361 g/mol. The van der Waals surface area contributed by atoms with Crippen molar-refractivity contribution in [2.75, 3.05) is 5.32 Å². The summed E-state index contributed by atoms with van der Waals surface area (Å²) in [4.78, 5) is 9.31. The van der Waals surface area contributed by atoms with E-state index in [1.807, 2.05) is 24.0 Å². The lowest BCUT2D eigenvalue weighted by Crippen LogP contribution is -2.26. The Hall–Kier alpha value is -2.43. The lowest BCUT2D eigenvalue weighted by molar-refractivity contribution is 0.438. The van der Waals surface area contributed by atoms with Gasteiger partial charge in [-0.15, -0.1) is 0 Å². The summed E-state index contributed by atoms with van der Waals surface area (Å²) in [6.45, 7) is 4.43. The molecule has 2 heterocycles. The molecule has 0 aliphatic heterocycles. The second kappa shape index (κ2) is 6.32. The smallest absolute Gasteiger partial charge is 0.223 e. The summed E-state index contributed by atoms with van der Waals surface area (Å²) >= 11 is 0. The van der Waals surface area contributed by atoms with Gasteiger partial charge in [0.15, 0.2) is 0 Å². The SMILES string of the molecule is CC(C)c1c2cc(-c3ccnc(N[C@H]4C[C@@H]5CC[C@H]4C5)n3)ccc2nn1C. The van der Waals surface area contributed by atoms with Crippen molar-refractivity contribution in [3.8, 4) is 11.3 Å². The molecule has 0 unspecified atom stereocenters. The largest absolute Gasteiger partial charge is 0.351 e. The molecule has 2 aliphatic rings. The number of hydrogen-bond acceptors (Lipinski definition) is 4. The fourth-order valence-corrected chi connectivity index (χ4v) is 5.24. The number of anilines is 1. The summed E-state index contributed by atoms with van der Waals surface area (Å²) in [5.41, 5.74) is 4.40. The highest BCUT2D eigenvalue weighted by Crippen LogP contribution is 2.45. The number of rotatable bonds is 4. The molecule has 0 radical (unpaired) electrons. The molecule has 140 valence electrons. The summed E-state index contributed by atoms with van der Waals surface area (Å²) in [5, 5.41) is 9.48. The molecule has 0 saturated heterocycles. The van der Waals surface area contributed by atoms with Gasteiger partial charge in [0, 0.05) is 35.9 Å². The van der Waals surface area contributed by atoms with E-state index in [0.717, 1.165) is 34.6 Å². The summed E-state index contributed by atoms with van der Waals surface area (Å²) in [6.07, 6.45) is 7.30. The van der Waals surface area contributed by atoms with E-state index >= 15 is 0 Å². The van der Waals surface area contributed by atoms with Gasteiger partial charge in [0.05, 0.1) is 11.2 Å². The van der Waals surface area contributed by atoms with E-state index in [4.69, 9.17) is 4.98 Å². The Bertz CT molecular complexity index is 990. The Labute approximate surface area is 160 Å². The molecule has 27 heavy (non-hydrogen) atoms. The number of nitrogens with zero attached hydrogens (tertiary/aromatic N) is 4. The third kappa shape index (κ3) is 2.89. The van der Waals surface area contributed by atoms with Crippen LogP contribution in [0, 0.1) is 11.8 Å². The number of hydrogen-bond donors (Lipinski definition) is 1. The van der Waals surface area contributed by atoms with Gasteiger partial charge in [-0.05, 0) is 55.2 Å². The van der Waals surface area contributed by atoms with Crippen LogP contribution in [0.3, 0.4) is 0 Å². The van der Waals surface area contributed by atoms with E-state index in [1.54, 1.807) is 0 Å². The van der Waals surface area contributed by atoms with Crippen LogP contribution in [0.4, 0.5) is 5.95 Å². The topological polar surface area (TPSA) is 55.6 Å². The lowest BCUT2D eigenvalue weighted by Gasteiger charge is -2.22. The van der Waals surface area contributed by atoms with Crippen LogP contribution < -0.4 is 5.32 Å². The van der Waals surface area contributed by atoms with Crippen LogP contribution in [-0.2, 0) is 7.05 Å². The van der Waals surface area contributed by atoms with Gasteiger partial charge in [0.25, 0.3) is 0 Å². The molecule has 1 N–H and O–H groups in total. The number of benzene rings is 1. The standard InChI is InChI=1S/C22H27N5/c1-13(2)21-17-12-16(6-7-19(17)26-27(21)3)18-8-9-23-22(24-18)25-20-11-14-4-5-15(20)10-14/h6-9,12-15,20H,4-5,10-11H2,1-3H3,(H,23,24,25)/t14-,15+,20+/m1/s1. The van der Waals surface area contributed by atoms with Crippen LogP contribution in [0.5, 0.6) is 0 Å². The first-order valence-corrected chi connectivity index (χ1v) is 10.1. The molecule has 2 saturated carbocycles. The van der Waals surface area contributed by atoms with Gasteiger partial charge in [-0.3, -0.25) is 4.68 Å². The minimum Gasteiger partial charge on any atom is -0.351 e. The maximum Gasteiger partial charge on any atom is 0.223 e. The molecule has 2 fully saturated rings. The summed E-state index contributed by atoms with van der Waals surface area (Å²) in [6, 6.07) is 8.98. The minimum atomic E-state index is 0.427. The highest BCUT2D eigenvalue weighted by Gasteiger charge is 2.39. The Balaban J connectivity index is 1.46. The molecule has 0 spiro atoms. The monoisotopic (exact) mass is 361 g/mol. The zero-order valence-corrected chi connectivity index (χ0v) is 16.3. The fraction of sp³-hybridized carbons (Fsp3) is 0.500. The molecule has 1 aromatic carbocycles. The number of fused-ring (bicyclic) bond motifs is 3. The molecule has 2 aromatic heterocycles. The Morgan fingerprint density at radius 2 is 2.04 bits per heavy atom. The maximum absolute atomic E-state index is 4.83. The van der Waals surface area contributed by atoms with Crippen molar-refractivity contribution in [3.63, 3.8) is 0 Å². The molecule has 3 atom stereocenters. The van der Waals surface area contributed by atoms with Crippen molar-refractivity contribution in [1.82, 2.24) is 19.7 Å². The van der Waals surface area contributed by atoms with E-state index in [2.05, 4.69) is 47.4 Å². The molecular formula is C22H27N5. The van der Waals surface area contributed by atoms with Gasteiger partial charge in [0.1, 0.15) is 0 Å². The van der Waals surface area contributed by atoms with Crippen LogP contribution in [0.25, 0.3) is 22.2 Å². The van der Waals surface area contributed by atoms with Gasteiger partial charge >= 0.3 is 0 Å². The third-order valence-corrected chi connectivity index (χ3v) is 6.43. The predicted molar refractivity (Wildman–Crippen MR) is 109 cm³/mol. The fourth-order valence-electron chi connectivity index (χ4n) is 5.24. The number of aryl methyl sites for hydroxylation is 1. The lowest BCUT2D eigenvalue weighted by atomic mass is 9.95. The van der Waals surface area contributed by atoms with Crippen molar-refractivity contribution >= 4 is 16.9 Å². The predicted octanol–water partition coefficient (Wildman–Crippen LogP) is 4.75. The quantitative estimate of drug-likeness (QED) is 0.728. The van der Waals surface area contributed by atoms with E-state index in [-0.39, 0.29) is 0 Å². The molecule has 5 rings (SSSR count). The van der Waals surface area contributed by atoms with Crippen molar-refractivity contribution in [2.24, 2.45) is 18.9 Å². The van der Waals surface area contributed by atoms with Gasteiger partial charge in [-0.2, -0.15) is 5.10 Å². The second-order valence-corrected chi connectivity index (χ2v) is 8.59. The van der Waals surface area contributed by atoms with Crippen molar-refractivity contribution < 1.29 is 0 Å². The van der Waals surface area contributed by atoms with Crippen molar-refractivity contribution in [1.29, 1.82) is 0 Å². The molecule has 2 aliphatic carbocycles. The zero-order valence-electron chi connectivity index (χ0n) is 16.3. The van der Waals surface area contributed by atoms with Crippen molar-refractivity contribution in [3.05, 3.63) is 36.2 Å². The molecular weight excluding hydrogens is 334 g/mol. The van der Waals surface area contributed by atoms with Crippen LogP contribution in [0.15, 0.2) is 30.5 Å². The summed E-state index contributed by atoms with van der Waals surface area (Å²) in [7, 11) is 2.02. The Kier molecular flexibility index (Phi) is 3.92. The van der Waals surface area contributed by atoms with Gasteiger partial charge in [-0.25, -0.2) is 9.97 Å². The summed E-state index contributed by atoms with van der Waals surface area (Å²) < 4.78 is 2.00. The van der Waals surface area contributed by atoms with Crippen LogP contribution in [-0.4, -0.2) is 25.8 Å². The summed E-state index contributed by atoms with van der Waals surface area (Å²) in [5.74, 6) is 2.91. The average Bonchev–Trinajstić information content (AvgIpc) is 3.34. The number of nitrogens with one attached hydrogen (secondary N) is 1. The highest BCUT2D eigenvalue weighted by atomic mass is 15.3. The first-order chi connectivity index (χ1) is 13.1. The minimum absolute atomic E-state index is 0.427. The first-order valence-electron chi connectivity index (χ1n) is 10.1. The molecule has 0 amide bonds. The van der Waals surface area contributed by atoms with E-state index < -0.39 is 0 Å². The number of aromatic nitrogens is 4. The van der Waals surface area contributed by atoms with E-state index in [0.29, 0.717) is 12.0 Å². The Morgan fingerprint density at radius 3 is 2.78 bits per heavy atom. The van der Waals surface area contributed by atoms with Crippen LogP contribution >= 0.6 is 0 Å². The first kappa shape index (κ1) is 16.7.